The lowest BCUT2D eigenvalue weighted by atomic mass is 9.85. The van der Waals surface area contributed by atoms with E-state index in [-0.39, 0.29) is 29.8 Å². The second-order valence-electron chi connectivity index (χ2n) is 15.4. The largest absolute Gasteiger partial charge is 0.433 e. The first kappa shape index (κ1) is 35.2. The number of nitrogens with zero attached hydrogens (tertiary/aromatic N) is 7. The van der Waals surface area contributed by atoms with E-state index in [1.54, 1.807) is 34.4 Å². The number of likely N-dealkylation sites (tertiary alicyclic amines) is 1. The zero-order valence-corrected chi connectivity index (χ0v) is 30.1. The van der Waals surface area contributed by atoms with E-state index in [1.165, 1.54) is 6.07 Å². The number of carbonyl (C=O) groups is 3. The number of piperazine rings is 1. The Bertz CT molecular complexity index is 2410. The van der Waals surface area contributed by atoms with Crippen LogP contribution < -0.4 is 21.2 Å². The number of hydrogen-bond donors (Lipinski definition) is 2. The first-order valence-corrected chi connectivity index (χ1v) is 18.8. The number of rotatable bonds is 7. The van der Waals surface area contributed by atoms with E-state index in [0.29, 0.717) is 35.6 Å². The van der Waals surface area contributed by atoms with Gasteiger partial charge in [-0.15, -0.1) is 0 Å². The molecule has 1 unspecified atom stereocenters. The van der Waals surface area contributed by atoms with Crippen LogP contribution in [-0.4, -0.2) is 78.2 Å². The van der Waals surface area contributed by atoms with Crippen molar-refractivity contribution in [2.75, 3.05) is 29.9 Å². The highest BCUT2D eigenvalue weighted by atomic mass is 19.4. The molecule has 9 rings (SSSR count). The number of amides is 3. The van der Waals surface area contributed by atoms with Crippen LogP contribution in [0.3, 0.4) is 0 Å². The highest BCUT2D eigenvalue weighted by molar-refractivity contribution is 6.04. The van der Waals surface area contributed by atoms with E-state index in [1.807, 2.05) is 23.0 Å². The van der Waals surface area contributed by atoms with Gasteiger partial charge in [0.2, 0.25) is 11.8 Å². The summed E-state index contributed by atoms with van der Waals surface area (Å²) in [4.78, 5) is 59.2. The number of carbonyl (C=O) groups excluding carboxylic acids is 3. The summed E-state index contributed by atoms with van der Waals surface area (Å²) in [5, 5.41) is 10.7. The lowest BCUT2D eigenvalue weighted by Gasteiger charge is -2.39. The summed E-state index contributed by atoms with van der Waals surface area (Å²) in [7, 11) is 1.75. The van der Waals surface area contributed by atoms with E-state index >= 15 is 0 Å². The maximum absolute atomic E-state index is 13.5. The van der Waals surface area contributed by atoms with Crippen molar-refractivity contribution in [1.29, 1.82) is 0 Å². The molecule has 0 radical (unpaired) electrons. The molecule has 0 spiro atoms. The lowest BCUT2D eigenvalue weighted by molar-refractivity contribution is -0.141. The van der Waals surface area contributed by atoms with Crippen LogP contribution in [0.25, 0.3) is 21.9 Å². The topological polar surface area (TPSA) is 139 Å². The first-order valence-electron chi connectivity index (χ1n) is 18.8. The number of fused-ring (bicyclic) bond motifs is 4. The van der Waals surface area contributed by atoms with E-state index in [4.69, 9.17) is 5.10 Å². The second-order valence-corrected chi connectivity index (χ2v) is 15.4. The van der Waals surface area contributed by atoms with Crippen LogP contribution in [-0.2, 0) is 22.8 Å². The maximum atomic E-state index is 13.5. The smallest absolute Gasteiger partial charge is 0.364 e. The Hall–Kier alpha value is -5.51. The molecule has 3 aromatic heterocycles. The van der Waals surface area contributed by atoms with Gasteiger partial charge in [0.05, 0.1) is 28.3 Å². The summed E-state index contributed by atoms with van der Waals surface area (Å²) < 4.78 is 44.5. The molecule has 1 saturated carbocycles. The fraction of sp³-hybridized carbons (Fsp3) is 0.436. The third-order valence-corrected chi connectivity index (χ3v) is 12.0. The Morgan fingerprint density at radius 1 is 0.945 bits per heavy atom. The molecule has 2 aromatic carbocycles. The van der Waals surface area contributed by atoms with Gasteiger partial charge in [0, 0.05) is 62.5 Å². The molecule has 2 N–H and O–H groups in total. The van der Waals surface area contributed by atoms with Gasteiger partial charge in [-0.25, -0.2) is 9.78 Å². The van der Waals surface area contributed by atoms with E-state index in [0.717, 1.165) is 86.0 Å². The van der Waals surface area contributed by atoms with Crippen molar-refractivity contribution in [3.05, 3.63) is 82.7 Å². The molecule has 16 heteroatoms. The third kappa shape index (κ3) is 6.35. The fourth-order valence-corrected chi connectivity index (χ4v) is 9.29. The molecule has 2 bridgehead atoms. The average molecular weight is 756 g/mol. The van der Waals surface area contributed by atoms with Crippen molar-refractivity contribution in [2.45, 2.75) is 75.3 Å². The number of imide groups is 1. The van der Waals surface area contributed by atoms with Gasteiger partial charge in [-0.3, -0.25) is 38.4 Å². The number of nitrogens with one attached hydrogen (secondary N) is 2. The predicted molar refractivity (Wildman–Crippen MR) is 198 cm³/mol. The van der Waals surface area contributed by atoms with Crippen molar-refractivity contribution in [3.8, 4) is 0 Å². The number of aryl methyl sites for hydroxylation is 1. The average Bonchev–Trinajstić information content (AvgIpc) is 3.94. The Balaban J connectivity index is 0.815. The molecule has 13 nitrogen and oxygen atoms in total. The summed E-state index contributed by atoms with van der Waals surface area (Å²) in [6.07, 6.45) is 3.06. The van der Waals surface area contributed by atoms with E-state index in [2.05, 4.69) is 31.5 Å². The summed E-state index contributed by atoms with van der Waals surface area (Å²) in [5.41, 5.74) is 2.06. The van der Waals surface area contributed by atoms with Crippen molar-refractivity contribution >= 4 is 51.0 Å². The molecule has 3 saturated heterocycles. The standard InChI is InChI=1S/C39H40F3N9O4/c1-47-35-30(5-3-6-31(35)51(38(47)55)32-14-15-34(52)45-37(32)54)49-21-26-17-27(49)20-48(26)18-22-8-11-25(12-9-22)50-19-23-16-24(10-13-28(23)46-50)43-36(53)29-4-2-7-33(44-29)39(40,41)42/h2-7,10,13,16,19,22,25-27,32H,8-9,11-12,14-15,17-18,20-21H2,1H3,(H,43,53)(H,45,52,54)/t22?,25?,26-,27-,32?/m0/s1. The number of para-hydroxylation sites is 1. The van der Waals surface area contributed by atoms with Crippen LogP contribution in [0, 0.1) is 5.92 Å². The van der Waals surface area contributed by atoms with Gasteiger partial charge < -0.3 is 10.2 Å². The number of halogens is 3. The van der Waals surface area contributed by atoms with Crippen molar-refractivity contribution in [2.24, 2.45) is 13.0 Å². The predicted octanol–water partition coefficient (Wildman–Crippen LogP) is 5.03. The second kappa shape index (κ2) is 13.4. The maximum Gasteiger partial charge on any atom is 0.433 e. The summed E-state index contributed by atoms with van der Waals surface area (Å²) in [6.45, 7) is 2.87. The third-order valence-electron chi connectivity index (χ3n) is 12.0. The molecule has 286 valence electrons. The Morgan fingerprint density at radius 2 is 1.75 bits per heavy atom. The van der Waals surface area contributed by atoms with E-state index in [9.17, 15) is 32.3 Å². The normalized spacial score (nSPS) is 24.6. The van der Waals surface area contributed by atoms with Gasteiger partial charge in [-0.1, -0.05) is 12.1 Å². The van der Waals surface area contributed by atoms with Crippen molar-refractivity contribution < 1.29 is 27.6 Å². The van der Waals surface area contributed by atoms with Crippen LogP contribution >= 0.6 is 0 Å². The number of benzene rings is 2. The molecule has 6 heterocycles. The summed E-state index contributed by atoms with van der Waals surface area (Å²) in [5.74, 6) is -0.890. The SMILES string of the molecule is Cn1c(=O)n(C2CCC(=O)NC2=O)c2cccc(N3C[C@@H]4C[C@H]3CN4CC3CCC(n4cc5cc(NC(=O)c6cccc(C(F)(F)F)n6)ccc5n4)CC3)c21. The van der Waals surface area contributed by atoms with Crippen LogP contribution in [0.2, 0.25) is 0 Å². The quantitative estimate of drug-likeness (QED) is 0.221. The van der Waals surface area contributed by atoms with Crippen molar-refractivity contribution in [1.82, 2.24) is 34.1 Å². The Morgan fingerprint density at radius 3 is 2.49 bits per heavy atom. The van der Waals surface area contributed by atoms with Gasteiger partial charge in [0.1, 0.15) is 17.4 Å². The van der Waals surface area contributed by atoms with Crippen LogP contribution in [0.4, 0.5) is 24.5 Å². The minimum Gasteiger partial charge on any atom is -0.364 e. The number of anilines is 2. The van der Waals surface area contributed by atoms with E-state index < -0.39 is 29.7 Å². The summed E-state index contributed by atoms with van der Waals surface area (Å²) >= 11 is 0. The van der Waals surface area contributed by atoms with Gasteiger partial charge >= 0.3 is 11.9 Å². The fourth-order valence-electron chi connectivity index (χ4n) is 9.29. The number of imidazole rings is 1. The van der Waals surface area contributed by atoms with Gasteiger partial charge in [0.25, 0.3) is 5.91 Å². The molecule has 3 amide bonds. The lowest BCUT2D eigenvalue weighted by Crippen LogP contribution is -2.48. The van der Waals surface area contributed by atoms with Gasteiger partial charge in [-0.2, -0.15) is 18.3 Å². The molecule has 3 aliphatic heterocycles. The number of pyridine rings is 1. The Kier molecular flexibility index (Phi) is 8.55. The number of alkyl halides is 3. The van der Waals surface area contributed by atoms with Crippen LogP contribution in [0.5, 0.6) is 0 Å². The molecular formula is C39H40F3N9O4. The molecular weight excluding hydrogens is 715 g/mol. The minimum absolute atomic E-state index is 0.202. The molecule has 4 aliphatic rings. The number of hydrogen-bond acceptors (Lipinski definition) is 8. The van der Waals surface area contributed by atoms with Crippen molar-refractivity contribution in [3.63, 3.8) is 0 Å². The molecule has 3 atom stereocenters. The van der Waals surface area contributed by atoms with Gasteiger partial charge in [-0.05, 0) is 86.9 Å². The minimum atomic E-state index is -4.64. The van der Waals surface area contributed by atoms with Gasteiger partial charge in [0.15, 0.2) is 0 Å². The molecule has 4 fully saturated rings. The monoisotopic (exact) mass is 755 g/mol. The number of piperidine rings is 1. The molecule has 5 aromatic rings. The molecule has 1 aliphatic carbocycles. The highest BCUT2D eigenvalue weighted by Gasteiger charge is 2.45. The number of aromatic nitrogens is 5. The Labute approximate surface area is 313 Å². The van der Waals surface area contributed by atoms with Crippen LogP contribution in [0.15, 0.2) is 65.6 Å². The van der Waals surface area contributed by atoms with Crippen LogP contribution in [0.1, 0.15) is 73.2 Å². The highest BCUT2D eigenvalue weighted by Crippen LogP contribution is 2.41. The first-order chi connectivity index (χ1) is 26.4. The molecule has 55 heavy (non-hydrogen) atoms. The zero-order chi connectivity index (χ0) is 38.2. The summed E-state index contributed by atoms with van der Waals surface area (Å²) in [6, 6.07) is 14.7. The zero-order valence-electron chi connectivity index (χ0n) is 30.1.